The number of aliphatic hydroxyl groups excluding tert-OH is 1. The molecule has 0 bridgehead atoms. The van der Waals surface area contributed by atoms with Crippen molar-refractivity contribution in [2.75, 3.05) is 17.2 Å². The highest BCUT2D eigenvalue weighted by molar-refractivity contribution is 6.36. The number of aliphatic hydroxyl groups is 1. The number of rotatable bonds is 6. The van der Waals surface area contributed by atoms with Gasteiger partial charge in [0.05, 0.1) is 23.0 Å². The smallest absolute Gasteiger partial charge is 0.225 e. The minimum absolute atomic E-state index is 0.0231. The number of hydrogen-bond donors (Lipinski definition) is 3. The van der Waals surface area contributed by atoms with E-state index in [1.54, 1.807) is 18.2 Å². The molecule has 0 saturated carbocycles. The molecule has 0 unspecified atom stereocenters. The van der Waals surface area contributed by atoms with Crippen molar-refractivity contribution in [2.24, 2.45) is 0 Å². The van der Waals surface area contributed by atoms with Crippen LogP contribution in [-0.2, 0) is 0 Å². The van der Waals surface area contributed by atoms with E-state index in [1.807, 2.05) is 43.3 Å². The number of anilines is 3. The lowest BCUT2D eigenvalue weighted by molar-refractivity contribution is 0.281. The van der Waals surface area contributed by atoms with E-state index in [1.165, 1.54) is 0 Å². The first-order valence-electron chi connectivity index (χ1n) is 8.09. The number of halogens is 2. The fraction of sp³-hybridized carbons (Fsp3) is 0.158. The maximum absolute atomic E-state index is 9.29. The molecule has 1 heterocycles. The Balaban J connectivity index is 1.98. The molecule has 2 aromatic carbocycles. The fourth-order valence-corrected chi connectivity index (χ4v) is 2.78. The van der Waals surface area contributed by atoms with Gasteiger partial charge in [0.25, 0.3) is 0 Å². The van der Waals surface area contributed by atoms with E-state index in [-0.39, 0.29) is 12.6 Å². The van der Waals surface area contributed by atoms with Crippen molar-refractivity contribution in [3.8, 4) is 11.3 Å². The predicted octanol–water partition coefficient (Wildman–Crippen LogP) is 4.99. The second-order valence-electron chi connectivity index (χ2n) is 5.81. The summed E-state index contributed by atoms with van der Waals surface area (Å²) < 4.78 is 0. The first kappa shape index (κ1) is 18.5. The Bertz CT molecular complexity index is 890. The molecule has 0 aliphatic carbocycles. The van der Waals surface area contributed by atoms with Gasteiger partial charge < -0.3 is 15.7 Å². The summed E-state index contributed by atoms with van der Waals surface area (Å²) in [6.07, 6.45) is 0. The average molecular weight is 389 g/mol. The highest BCUT2D eigenvalue weighted by Crippen LogP contribution is 2.29. The average Bonchev–Trinajstić information content (AvgIpc) is 2.64. The normalized spacial score (nSPS) is 11.8. The van der Waals surface area contributed by atoms with Crippen LogP contribution in [0.25, 0.3) is 11.3 Å². The molecule has 0 spiro atoms. The highest BCUT2D eigenvalue weighted by Gasteiger charge is 2.10. The molecule has 0 fully saturated rings. The molecule has 1 aromatic heterocycles. The summed E-state index contributed by atoms with van der Waals surface area (Å²) in [6.45, 7) is 1.83. The summed E-state index contributed by atoms with van der Waals surface area (Å²) in [5.41, 5.74) is 2.40. The van der Waals surface area contributed by atoms with Crippen molar-refractivity contribution in [1.29, 1.82) is 0 Å². The zero-order chi connectivity index (χ0) is 18.5. The lowest BCUT2D eigenvalue weighted by atomic mass is 10.1. The molecule has 1 atom stereocenters. The molecule has 3 rings (SSSR count). The third kappa shape index (κ3) is 4.64. The van der Waals surface area contributed by atoms with Gasteiger partial charge in [-0.2, -0.15) is 4.98 Å². The van der Waals surface area contributed by atoms with Crippen LogP contribution in [-0.4, -0.2) is 27.7 Å². The molecule has 3 aromatic rings. The lowest BCUT2D eigenvalue weighted by Crippen LogP contribution is -2.21. The van der Waals surface area contributed by atoms with Crippen LogP contribution in [0.1, 0.15) is 6.92 Å². The summed E-state index contributed by atoms with van der Waals surface area (Å²) in [6, 6.07) is 16.7. The van der Waals surface area contributed by atoms with Gasteiger partial charge in [0, 0.05) is 22.7 Å². The summed E-state index contributed by atoms with van der Waals surface area (Å²) in [5, 5.41) is 16.6. The first-order valence-corrected chi connectivity index (χ1v) is 8.84. The molecule has 0 amide bonds. The van der Waals surface area contributed by atoms with E-state index in [0.717, 1.165) is 11.3 Å². The van der Waals surface area contributed by atoms with Crippen molar-refractivity contribution in [3.05, 3.63) is 64.6 Å². The molecule has 5 nitrogen and oxygen atoms in total. The number of hydrogen-bond acceptors (Lipinski definition) is 5. The van der Waals surface area contributed by atoms with Crippen molar-refractivity contribution in [2.45, 2.75) is 13.0 Å². The maximum atomic E-state index is 9.29. The lowest BCUT2D eigenvalue weighted by Gasteiger charge is -2.15. The van der Waals surface area contributed by atoms with Gasteiger partial charge in [-0.15, -0.1) is 0 Å². The predicted molar refractivity (Wildman–Crippen MR) is 107 cm³/mol. The van der Waals surface area contributed by atoms with Crippen LogP contribution in [0.3, 0.4) is 0 Å². The summed E-state index contributed by atoms with van der Waals surface area (Å²) >= 11 is 12.2. The first-order chi connectivity index (χ1) is 12.5. The topological polar surface area (TPSA) is 70.1 Å². The van der Waals surface area contributed by atoms with Crippen molar-refractivity contribution >= 4 is 40.7 Å². The SMILES string of the molecule is C[C@H](CO)Nc1nc(Nc2ccc(Cl)cc2Cl)cc(-c2ccccc2)n1. The molecule has 26 heavy (non-hydrogen) atoms. The number of benzene rings is 2. The molecule has 0 saturated heterocycles. The van der Waals surface area contributed by atoms with E-state index >= 15 is 0 Å². The van der Waals surface area contributed by atoms with Gasteiger partial charge in [-0.05, 0) is 25.1 Å². The Kier molecular flexibility index (Phi) is 5.93. The molecule has 0 aliphatic rings. The van der Waals surface area contributed by atoms with Crippen LogP contribution < -0.4 is 10.6 Å². The minimum Gasteiger partial charge on any atom is -0.394 e. The molecular formula is C19H18Cl2N4O. The van der Waals surface area contributed by atoms with Crippen LogP contribution in [0.4, 0.5) is 17.5 Å². The van der Waals surface area contributed by atoms with Crippen LogP contribution in [0.5, 0.6) is 0 Å². The Labute approximate surface area is 162 Å². The van der Waals surface area contributed by atoms with E-state index in [4.69, 9.17) is 23.2 Å². The van der Waals surface area contributed by atoms with E-state index in [9.17, 15) is 5.11 Å². The second-order valence-corrected chi connectivity index (χ2v) is 6.65. The molecule has 134 valence electrons. The van der Waals surface area contributed by atoms with Crippen LogP contribution in [0.15, 0.2) is 54.6 Å². The van der Waals surface area contributed by atoms with Gasteiger partial charge in [0.1, 0.15) is 5.82 Å². The Morgan fingerprint density at radius 1 is 1.04 bits per heavy atom. The minimum atomic E-state index is -0.173. The summed E-state index contributed by atoms with van der Waals surface area (Å²) in [5.74, 6) is 0.996. The van der Waals surface area contributed by atoms with E-state index in [2.05, 4.69) is 20.6 Å². The fourth-order valence-electron chi connectivity index (χ4n) is 2.33. The van der Waals surface area contributed by atoms with Crippen LogP contribution in [0, 0.1) is 0 Å². The second kappa shape index (κ2) is 8.36. The Hall–Kier alpha value is -2.34. The molecule has 7 heteroatoms. The van der Waals surface area contributed by atoms with Gasteiger partial charge in [0.15, 0.2) is 0 Å². The van der Waals surface area contributed by atoms with Gasteiger partial charge in [-0.1, -0.05) is 53.5 Å². The third-order valence-corrected chi connectivity index (χ3v) is 4.19. The van der Waals surface area contributed by atoms with Gasteiger partial charge in [-0.25, -0.2) is 4.98 Å². The molecule has 3 N–H and O–H groups in total. The van der Waals surface area contributed by atoms with Crippen molar-refractivity contribution in [1.82, 2.24) is 9.97 Å². The van der Waals surface area contributed by atoms with Crippen LogP contribution in [0.2, 0.25) is 10.0 Å². The zero-order valence-electron chi connectivity index (χ0n) is 14.1. The third-order valence-electron chi connectivity index (χ3n) is 3.64. The van der Waals surface area contributed by atoms with Gasteiger partial charge >= 0.3 is 0 Å². The number of nitrogens with zero attached hydrogens (tertiary/aromatic N) is 2. The van der Waals surface area contributed by atoms with Gasteiger partial charge in [0.2, 0.25) is 5.95 Å². The molecule has 0 radical (unpaired) electrons. The summed E-state index contributed by atoms with van der Waals surface area (Å²) in [4.78, 5) is 9.01. The quantitative estimate of drug-likeness (QED) is 0.554. The Morgan fingerprint density at radius 2 is 1.81 bits per heavy atom. The molecule has 0 aliphatic heterocycles. The molecular weight excluding hydrogens is 371 g/mol. The van der Waals surface area contributed by atoms with Crippen molar-refractivity contribution < 1.29 is 5.11 Å². The van der Waals surface area contributed by atoms with Crippen molar-refractivity contribution in [3.63, 3.8) is 0 Å². The monoisotopic (exact) mass is 388 g/mol. The Morgan fingerprint density at radius 3 is 2.50 bits per heavy atom. The number of aromatic nitrogens is 2. The summed E-state index contributed by atoms with van der Waals surface area (Å²) in [7, 11) is 0. The van der Waals surface area contributed by atoms with E-state index in [0.29, 0.717) is 27.5 Å². The van der Waals surface area contributed by atoms with Gasteiger partial charge in [-0.3, -0.25) is 0 Å². The standard InChI is InChI=1S/C19H18Cl2N4O/c1-12(11-26)22-19-24-17(13-5-3-2-4-6-13)10-18(25-19)23-16-8-7-14(20)9-15(16)21/h2-10,12,26H,11H2,1H3,(H2,22,23,24,25)/t12-/m1/s1. The largest absolute Gasteiger partial charge is 0.394 e. The number of nitrogens with one attached hydrogen (secondary N) is 2. The maximum Gasteiger partial charge on any atom is 0.225 e. The van der Waals surface area contributed by atoms with E-state index < -0.39 is 0 Å². The van der Waals surface area contributed by atoms with Crippen LogP contribution >= 0.6 is 23.2 Å². The zero-order valence-corrected chi connectivity index (χ0v) is 15.6. The highest BCUT2D eigenvalue weighted by atomic mass is 35.5.